The van der Waals surface area contributed by atoms with E-state index in [2.05, 4.69) is 70.0 Å². The first-order valence-electron chi connectivity index (χ1n) is 25.3. The fourth-order valence-electron chi connectivity index (χ4n) is 12.1. The van der Waals surface area contributed by atoms with Crippen molar-refractivity contribution in [2.75, 3.05) is 14.2 Å². The van der Waals surface area contributed by atoms with Crippen LogP contribution in [0.3, 0.4) is 0 Å². The van der Waals surface area contributed by atoms with Gasteiger partial charge in [0.25, 0.3) is 5.56 Å². The lowest BCUT2D eigenvalue weighted by Gasteiger charge is -2.32. The number of H-pyrrole nitrogens is 2. The number of methoxy groups -OCH3 is 2. The minimum absolute atomic E-state index is 0.0838. The second-order valence-electron chi connectivity index (χ2n) is 21.6. The molecule has 4 aliphatic carbocycles. The number of carbonyl (C=O) groups is 4. The second-order valence-corrected chi connectivity index (χ2v) is 21.6. The van der Waals surface area contributed by atoms with E-state index in [9.17, 15) is 24.0 Å². The van der Waals surface area contributed by atoms with Crippen molar-refractivity contribution in [1.29, 1.82) is 0 Å². The SMILES string of the molecule is COC(=O)N[C@H](C(=O)N(Cc1ncc(-c2ccc(-c3ccc(-c4ccc5nc(CC6CC7CC7N6C(=O)[C@@H](NC(=O)OC)C(C)C)[nH]c(=O)c5c4)c4c3CC3(CCCC3)C4)cc2)[nH]1)C1CC1C)C(C)C. The molecule has 15 heteroatoms. The van der Waals surface area contributed by atoms with Crippen LogP contribution in [0.15, 0.2) is 65.6 Å². The molecule has 10 rings (SSSR count). The van der Waals surface area contributed by atoms with E-state index in [1.54, 1.807) is 0 Å². The molecule has 4 amide bonds. The first-order chi connectivity index (χ1) is 33.6. The summed E-state index contributed by atoms with van der Waals surface area (Å²) in [5.74, 6) is 1.52. The van der Waals surface area contributed by atoms with Gasteiger partial charge in [0, 0.05) is 24.5 Å². The molecule has 0 radical (unpaired) electrons. The maximum Gasteiger partial charge on any atom is 0.407 e. The van der Waals surface area contributed by atoms with Crippen molar-refractivity contribution >= 4 is 34.9 Å². The predicted molar refractivity (Wildman–Crippen MR) is 266 cm³/mol. The van der Waals surface area contributed by atoms with Crippen LogP contribution in [0.5, 0.6) is 0 Å². The number of nitrogens with one attached hydrogen (secondary N) is 4. The molecular formula is C55H66N8O7. The van der Waals surface area contributed by atoms with E-state index in [0.29, 0.717) is 47.4 Å². The Morgan fingerprint density at radius 3 is 2.04 bits per heavy atom. The van der Waals surface area contributed by atoms with Crippen LogP contribution in [0.4, 0.5) is 9.59 Å². The Labute approximate surface area is 408 Å². The van der Waals surface area contributed by atoms with E-state index < -0.39 is 24.3 Å². The summed E-state index contributed by atoms with van der Waals surface area (Å²) in [4.78, 5) is 86.0. The van der Waals surface area contributed by atoms with E-state index in [4.69, 9.17) is 19.4 Å². The number of aromatic amines is 2. The van der Waals surface area contributed by atoms with Gasteiger partial charge >= 0.3 is 12.2 Å². The van der Waals surface area contributed by atoms with Crippen LogP contribution in [0.2, 0.25) is 0 Å². The van der Waals surface area contributed by atoms with Gasteiger partial charge in [0.15, 0.2) is 0 Å². The molecule has 1 spiro atoms. The van der Waals surface area contributed by atoms with E-state index in [-0.39, 0.29) is 52.7 Å². The average Bonchev–Trinajstić information content (AvgIpc) is 3.91. The first kappa shape index (κ1) is 47.2. The maximum atomic E-state index is 13.9. The average molecular weight is 951 g/mol. The van der Waals surface area contributed by atoms with Crippen molar-refractivity contribution in [3.8, 4) is 33.5 Å². The number of aromatic nitrogens is 4. The number of carbonyl (C=O) groups excluding carboxylic acids is 4. The summed E-state index contributed by atoms with van der Waals surface area (Å²) in [6.45, 7) is 10.1. The number of hydrogen-bond acceptors (Lipinski definition) is 9. The number of imidazole rings is 1. The van der Waals surface area contributed by atoms with E-state index in [1.807, 2.05) is 55.8 Å². The molecule has 368 valence electrons. The molecule has 5 aromatic rings. The molecule has 4 N–H and O–H groups in total. The molecule has 3 aromatic carbocycles. The van der Waals surface area contributed by atoms with Crippen molar-refractivity contribution in [2.45, 2.75) is 136 Å². The monoisotopic (exact) mass is 951 g/mol. The molecule has 3 saturated carbocycles. The number of ether oxygens (including phenoxy) is 2. The van der Waals surface area contributed by atoms with Crippen LogP contribution in [-0.4, -0.2) is 98.2 Å². The van der Waals surface area contributed by atoms with Crippen molar-refractivity contribution in [2.24, 2.45) is 29.1 Å². The molecule has 0 bridgehead atoms. The van der Waals surface area contributed by atoms with Gasteiger partial charge in [0.05, 0.1) is 43.6 Å². The van der Waals surface area contributed by atoms with Crippen molar-refractivity contribution in [1.82, 2.24) is 40.4 Å². The fraction of sp³-hybridized carbons (Fsp3) is 0.509. The molecule has 1 saturated heterocycles. The minimum atomic E-state index is -0.709. The summed E-state index contributed by atoms with van der Waals surface area (Å²) < 4.78 is 9.65. The Balaban J connectivity index is 0.883. The lowest BCUT2D eigenvalue weighted by Crippen LogP contribution is -2.54. The molecule has 5 unspecified atom stereocenters. The van der Waals surface area contributed by atoms with Crippen LogP contribution < -0.4 is 16.2 Å². The van der Waals surface area contributed by atoms with Crippen LogP contribution >= 0.6 is 0 Å². The summed E-state index contributed by atoms with van der Waals surface area (Å²) in [5.41, 5.74) is 9.79. The lowest BCUT2D eigenvalue weighted by atomic mass is 9.82. The number of fused-ring (bicyclic) bond motifs is 3. The number of alkyl carbamates (subject to hydrolysis) is 2. The first-order valence-corrected chi connectivity index (χ1v) is 25.3. The minimum Gasteiger partial charge on any atom is -0.453 e. The molecule has 7 atom stereocenters. The molecule has 70 heavy (non-hydrogen) atoms. The van der Waals surface area contributed by atoms with Gasteiger partial charge < -0.3 is 39.9 Å². The molecule has 2 aromatic heterocycles. The Hall–Kier alpha value is -6.51. The zero-order valence-electron chi connectivity index (χ0n) is 41.4. The van der Waals surface area contributed by atoms with E-state index in [1.165, 1.54) is 56.6 Å². The van der Waals surface area contributed by atoms with Crippen molar-refractivity contribution in [3.63, 3.8) is 0 Å². The third-order valence-corrected chi connectivity index (χ3v) is 16.1. The molecule has 5 aliphatic rings. The summed E-state index contributed by atoms with van der Waals surface area (Å²) in [6.07, 6.45) is 10.6. The Kier molecular flexibility index (Phi) is 12.6. The Bertz CT molecular complexity index is 2900. The number of nitrogens with zero attached hydrogens (tertiary/aromatic N) is 4. The molecular weight excluding hydrogens is 885 g/mol. The van der Waals surface area contributed by atoms with Gasteiger partial charge in [-0.05, 0) is 125 Å². The molecule has 1 aliphatic heterocycles. The standard InChI is InChI=1S/C55H66N8O7/c1-29(2)48(60-53(67)69-6)51(65)62(44-20-31(44)5)28-47-56-27-43(58-47)33-12-10-32(11-13-33)37-15-16-38(41-26-55(25-40(37)41)18-8-9-19-55)34-14-17-42-39(22-34)50(64)59-46(57-42)24-36-21-35-23-45(35)63(36)52(66)49(30(3)4)61-54(68)70-7/h10-17,22,27,29-31,35-36,44-45,48-49H,8-9,18-21,23-26,28H2,1-7H3,(H,56,58)(H,60,67)(H,61,68)(H,57,59,64)/t31?,35?,36?,44?,45?,48-,49-/m0/s1. The zero-order chi connectivity index (χ0) is 49.2. The third kappa shape index (κ3) is 9.07. The molecule has 15 nitrogen and oxygen atoms in total. The number of benzene rings is 3. The highest BCUT2D eigenvalue weighted by molar-refractivity contribution is 5.89. The third-order valence-electron chi connectivity index (χ3n) is 16.1. The number of rotatable bonds is 14. The lowest BCUT2D eigenvalue weighted by molar-refractivity contribution is -0.137. The van der Waals surface area contributed by atoms with Gasteiger partial charge in [-0.15, -0.1) is 0 Å². The van der Waals surface area contributed by atoms with Gasteiger partial charge in [-0.2, -0.15) is 0 Å². The van der Waals surface area contributed by atoms with Crippen LogP contribution in [0, 0.1) is 29.1 Å². The highest BCUT2D eigenvalue weighted by Crippen LogP contribution is 2.53. The topological polar surface area (TPSA) is 192 Å². The largest absolute Gasteiger partial charge is 0.453 e. The van der Waals surface area contributed by atoms with E-state index >= 15 is 0 Å². The normalized spacial score (nSPS) is 22.5. The van der Waals surface area contributed by atoms with Gasteiger partial charge in [-0.3, -0.25) is 14.4 Å². The quantitative estimate of drug-likeness (QED) is 0.0848. The highest BCUT2D eigenvalue weighted by atomic mass is 16.5. The fourth-order valence-corrected chi connectivity index (χ4v) is 12.1. The summed E-state index contributed by atoms with van der Waals surface area (Å²) in [6, 6.07) is 17.8. The number of likely N-dealkylation sites (tertiary alicyclic amines) is 1. The zero-order valence-corrected chi connectivity index (χ0v) is 41.4. The van der Waals surface area contributed by atoms with Crippen molar-refractivity contribution < 1.29 is 28.7 Å². The van der Waals surface area contributed by atoms with Gasteiger partial charge in [-0.25, -0.2) is 19.6 Å². The summed E-state index contributed by atoms with van der Waals surface area (Å²) in [7, 11) is 2.59. The number of hydrogen-bond donors (Lipinski definition) is 4. The number of amides is 4. The van der Waals surface area contributed by atoms with E-state index in [0.717, 1.165) is 60.1 Å². The Morgan fingerprint density at radius 2 is 1.41 bits per heavy atom. The van der Waals surface area contributed by atoms with Gasteiger partial charge in [0.2, 0.25) is 11.8 Å². The van der Waals surface area contributed by atoms with Crippen molar-refractivity contribution in [3.05, 3.63) is 93.9 Å². The highest BCUT2D eigenvalue weighted by Gasteiger charge is 2.55. The maximum absolute atomic E-state index is 13.9. The Morgan fingerprint density at radius 1 is 0.800 bits per heavy atom. The van der Waals surface area contributed by atoms with Gasteiger partial charge in [-0.1, -0.05) is 89.9 Å². The number of piperidine rings is 1. The predicted octanol–water partition coefficient (Wildman–Crippen LogP) is 8.34. The van der Waals surface area contributed by atoms with Crippen LogP contribution in [0.25, 0.3) is 44.4 Å². The summed E-state index contributed by atoms with van der Waals surface area (Å²) >= 11 is 0. The van der Waals surface area contributed by atoms with Crippen LogP contribution in [-0.2, 0) is 44.9 Å². The molecule has 3 heterocycles. The van der Waals surface area contributed by atoms with Crippen LogP contribution in [0.1, 0.15) is 102 Å². The smallest absolute Gasteiger partial charge is 0.407 e. The summed E-state index contributed by atoms with van der Waals surface area (Å²) in [5, 5.41) is 6.01. The second kappa shape index (κ2) is 18.7. The molecule has 4 fully saturated rings. The van der Waals surface area contributed by atoms with Gasteiger partial charge in [0.1, 0.15) is 23.7 Å².